The summed E-state index contributed by atoms with van der Waals surface area (Å²) in [5, 5.41) is 10.9. The van der Waals surface area contributed by atoms with E-state index >= 15 is 0 Å². The smallest absolute Gasteiger partial charge is 0.350 e. The van der Waals surface area contributed by atoms with Gasteiger partial charge >= 0.3 is 6.18 Å². The van der Waals surface area contributed by atoms with Crippen molar-refractivity contribution in [1.29, 1.82) is 0 Å². The maximum Gasteiger partial charge on any atom is 0.416 e. The zero-order valence-corrected chi connectivity index (χ0v) is 17.8. The first-order chi connectivity index (χ1) is 15.6. The summed E-state index contributed by atoms with van der Waals surface area (Å²) in [4.78, 5) is 25.1. The van der Waals surface area contributed by atoms with Gasteiger partial charge in [0.15, 0.2) is 0 Å². The minimum Gasteiger partial charge on any atom is -0.350 e. The highest BCUT2D eigenvalue weighted by atomic mass is 19.4. The van der Waals surface area contributed by atoms with E-state index in [0.717, 1.165) is 33.5 Å². The Morgan fingerprint density at radius 2 is 1.88 bits per heavy atom. The quantitative estimate of drug-likeness (QED) is 0.500. The molecule has 7 nitrogen and oxygen atoms in total. The fraction of sp³-hybridized carbons (Fsp3) is 0.217. The van der Waals surface area contributed by atoms with E-state index in [-0.39, 0.29) is 18.6 Å². The normalized spacial score (nSPS) is 11.7. The summed E-state index contributed by atoms with van der Waals surface area (Å²) in [5.41, 5.74) is 2.82. The lowest BCUT2D eigenvalue weighted by atomic mass is 10.0. The number of benzene rings is 2. The molecule has 0 bridgehead atoms. The van der Waals surface area contributed by atoms with Gasteiger partial charge in [-0.3, -0.25) is 9.59 Å². The van der Waals surface area contributed by atoms with Gasteiger partial charge < -0.3 is 5.32 Å². The maximum absolute atomic E-state index is 12.8. The monoisotopic (exact) mass is 455 g/mol. The number of rotatable bonds is 5. The van der Waals surface area contributed by atoms with Crippen LogP contribution in [0.4, 0.5) is 13.2 Å². The summed E-state index contributed by atoms with van der Waals surface area (Å²) in [6.07, 6.45) is -3.13. The molecule has 0 radical (unpaired) electrons. The number of hydrogen-bond acceptors (Lipinski definition) is 4. The van der Waals surface area contributed by atoms with Gasteiger partial charge in [-0.1, -0.05) is 29.8 Å². The maximum atomic E-state index is 12.8. The van der Waals surface area contributed by atoms with E-state index in [9.17, 15) is 22.8 Å². The van der Waals surface area contributed by atoms with Gasteiger partial charge in [0.2, 0.25) is 5.91 Å². The van der Waals surface area contributed by atoms with Crippen LogP contribution in [0.5, 0.6) is 0 Å². The molecular weight excluding hydrogens is 435 g/mol. The second-order valence-electron chi connectivity index (χ2n) is 7.75. The lowest BCUT2D eigenvalue weighted by molar-refractivity contribution is -0.137. The van der Waals surface area contributed by atoms with Crippen molar-refractivity contribution in [3.05, 3.63) is 87.5 Å². The second kappa shape index (κ2) is 8.53. The average molecular weight is 455 g/mol. The van der Waals surface area contributed by atoms with Crippen LogP contribution in [0.15, 0.2) is 59.7 Å². The number of carbonyl (C=O) groups is 1. The van der Waals surface area contributed by atoms with Crippen LogP contribution in [0.3, 0.4) is 0 Å². The number of alkyl halides is 3. The summed E-state index contributed by atoms with van der Waals surface area (Å²) in [6, 6.07) is 12.3. The first kappa shape index (κ1) is 22.3. The number of hydrogen-bond donors (Lipinski definition) is 1. The standard InChI is InChI=1S/C23H20F3N5O2/c1-14-6-7-15(2)18(8-14)19-10-20-22(33)30(28-13-31(20)29-19)12-21(32)27-11-16-4-3-5-17(9-16)23(24,25)26/h3-10,13H,11-12H2,1-2H3,(H,27,32). The summed E-state index contributed by atoms with van der Waals surface area (Å²) in [5.74, 6) is -0.555. The summed E-state index contributed by atoms with van der Waals surface area (Å²) < 4.78 is 40.9. The summed E-state index contributed by atoms with van der Waals surface area (Å²) in [6.45, 7) is 3.43. The van der Waals surface area contributed by atoms with Crippen LogP contribution >= 0.6 is 0 Å². The highest BCUT2D eigenvalue weighted by Crippen LogP contribution is 2.29. The highest BCUT2D eigenvalue weighted by Gasteiger charge is 2.30. The summed E-state index contributed by atoms with van der Waals surface area (Å²) in [7, 11) is 0. The molecule has 4 aromatic rings. The molecule has 0 aliphatic carbocycles. The number of fused-ring (bicyclic) bond motifs is 1. The number of nitrogens with one attached hydrogen (secondary N) is 1. The van der Waals surface area contributed by atoms with Crippen LogP contribution in [0.1, 0.15) is 22.3 Å². The molecule has 0 aliphatic rings. The third-order valence-electron chi connectivity index (χ3n) is 5.20. The van der Waals surface area contributed by atoms with E-state index in [4.69, 9.17) is 0 Å². The Hall–Kier alpha value is -3.95. The third-order valence-corrected chi connectivity index (χ3v) is 5.20. The number of aryl methyl sites for hydroxylation is 2. The molecule has 2 heterocycles. The second-order valence-corrected chi connectivity index (χ2v) is 7.75. The third kappa shape index (κ3) is 4.79. The van der Waals surface area contributed by atoms with Gasteiger partial charge in [0.25, 0.3) is 5.56 Å². The van der Waals surface area contributed by atoms with Crippen LogP contribution in [-0.4, -0.2) is 25.3 Å². The van der Waals surface area contributed by atoms with Gasteiger partial charge in [-0.05, 0) is 49.2 Å². The predicted octanol–water partition coefficient (Wildman–Crippen LogP) is 3.51. The Labute approximate surface area is 186 Å². The average Bonchev–Trinajstić information content (AvgIpc) is 3.20. The molecule has 0 spiro atoms. The fourth-order valence-corrected chi connectivity index (χ4v) is 3.44. The largest absolute Gasteiger partial charge is 0.416 e. The van der Waals surface area contributed by atoms with Crippen molar-refractivity contribution >= 4 is 11.4 Å². The molecule has 4 rings (SSSR count). The number of aromatic nitrogens is 4. The SMILES string of the molecule is Cc1ccc(C)c(-c2cc3c(=O)n(CC(=O)NCc4cccc(C(F)(F)F)c4)ncn3n2)c1. The van der Waals surface area contributed by atoms with Crippen LogP contribution in [0.25, 0.3) is 16.8 Å². The van der Waals surface area contributed by atoms with Crippen molar-refractivity contribution in [3.63, 3.8) is 0 Å². The Morgan fingerprint density at radius 1 is 1.09 bits per heavy atom. The van der Waals surface area contributed by atoms with Crippen LogP contribution in [-0.2, 0) is 24.1 Å². The lowest BCUT2D eigenvalue weighted by Crippen LogP contribution is -2.34. The van der Waals surface area contributed by atoms with Crippen LogP contribution < -0.4 is 10.9 Å². The molecule has 1 N–H and O–H groups in total. The van der Waals surface area contributed by atoms with E-state index in [1.165, 1.54) is 23.0 Å². The molecule has 0 atom stereocenters. The molecule has 33 heavy (non-hydrogen) atoms. The van der Waals surface area contributed by atoms with E-state index < -0.39 is 23.2 Å². The molecule has 170 valence electrons. The van der Waals surface area contributed by atoms with E-state index in [0.29, 0.717) is 11.3 Å². The van der Waals surface area contributed by atoms with E-state index in [1.54, 1.807) is 6.07 Å². The Morgan fingerprint density at radius 3 is 2.64 bits per heavy atom. The van der Waals surface area contributed by atoms with Gasteiger partial charge in [0, 0.05) is 12.1 Å². The molecule has 0 unspecified atom stereocenters. The molecule has 2 aromatic carbocycles. The lowest BCUT2D eigenvalue weighted by Gasteiger charge is -2.10. The number of nitrogens with zero attached hydrogens (tertiary/aromatic N) is 4. The van der Waals surface area contributed by atoms with Gasteiger partial charge in [-0.2, -0.15) is 23.4 Å². The fourth-order valence-electron chi connectivity index (χ4n) is 3.44. The molecule has 0 saturated heterocycles. The van der Waals surface area contributed by atoms with E-state index in [2.05, 4.69) is 15.5 Å². The summed E-state index contributed by atoms with van der Waals surface area (Å²) >= 11 is 0. The zero-order chi connectivity index (χ0) is 23.8. The minimum atomic E-state index is -4.46. The zero-order valence-electron chi connectivity index (χ0n) is 17.8. The molecular formula is C23H20F3N5O2. The highest BCUT2D eigenvalue weighted by molar-refractivity contribution is 5.75. The Bertz CT molecular complexity index is 1410. The predicted molar refractivity (Wildman–Crippen MR) is 115 cm³/mol. The van der Waals surface area contributed by atoms with Crippen molar-refractivity contribution in [2.24, 2.45) is 0 Å². The number of halogens is 3. The Kier molecular flexibility index (Phi) is 5.75. The number of carbonyl (C=O) groups excluding carboxylic acids is 1. The van der Waals surface area contributed by atoms with Gasteiger partial charge in [0.05, 0.1) is 11.3 Å². The molecule has 0 aliphatic heterocycles. The van der Waals surface area contributed by atoms with Crippen molar-refractivity contribution in [2.75, 3.05) is 0 Å². The molecule has 2 aromatic heterocycles. The number of amides is 1. The van der Waals surface area contributed by atoms with Crippen molar-refractivity contribution < 1.29 is 18.0 Å². The topological polar surface area (TPSA) is 81.3 Å². The molecule has 10 heteroatoms. The van der Waals surface area contributed by atoms with Gasteiger partial charge in [0.1, 0.15) is 18.4 Å². The van der Waals surface area contributed by atoms with Crippen LogP contribution in [0.2, 0.25) is 0 Å². The van der Waals surface area contributed by atoms with Crippen LogP contribution in [0, 0.1) is 13.8 Å². The molecule has 1 amide bonds. The molecule has 0 fully saturated rings. The first-order valence-electron chi connectivity index (χ1n) is 10.1. The molecule has 0 saturated carbocycles. The van der Waals surface area contributed by atoms with E-state index in [1.807, 2.05) is 32.0 Å². The minimum absolute atomic E-state index is 0.108. The van der Waals surface area contributed by atoms with Gasteiger partial charge in [-0.25, -0.2) is 9.20 Å². The van der Waals surface area contributed by atoms with Crippen molar-refractivity contribution in [1.82, 2.24) is 24.7 Å². The van der Waals surface area contributed by atoms with Gasteiger partial charge in [-0.15, -0.1) is 0 Å². The Balaban J connectivity index is 1.51. The van der Waals surface area contributed by atoms with Crippen molar-refractivity contribution in [2.45, 2.75) is 33.1 Å². The van der Waals surface area contributed by atoms with Crippen molar-refractivity contribution in [3.8, 4) is 11.3 Å². The first-order valence-corrected chi connectivity index (χ1v) is 10.1.